The fourth-order valence-corrected chi connectivity index (χ4v) is 1.84. The van der Waals surface area contributed by atoms with Crippen molar-refractivity contribution >= 4 is 12.1 Å². The Kier molecular flexibility index (Phi) is 5.77. The summed E-state index contributed by atoms with van der Waals surface area (Å²) in [7, 11) is 0. The summed E-state index contributed by atoms with van der Waals surface area (Å²) in [5, 5.41) is 3.78. The van der Waals surface area contributed by atoms with Crippen LogP contribution in [0.25, 0.3) is 0 Å². The van der Waals surface area contributed by atoms with E-state index in [-0.39, 0.29) is 12.5 Å². The van der Waals surface area contributed by atoms with Gasteiger partial charge in [0.25, 0.3) is 5.91 Å². The standard InChI is InChI=1S/C17H20N2O3/c1-3-13(2)14-6-8-15(9-7-14)22-12-17(20)19-18-11-16-5-4-10-21-16/h4-11,13H,3,12H2,1-2H3,(H,19,20)/b18-11+. The van der Waals surface area contributed by atoms with Gasteiger partial charge in [-0.15, -0.1) is 0 Å². The van der Waals surface area contributed by atoms with Gasteiger partial charge in [-0.2, -0.15) is 5.10 Å². The summed E-state index contributed by atoms with van der Waals surface area (Å²) in [6, 6.07) is 11.3. The Morgan fingerprint density at radius 1 is 1.36 bits per heavy atom. The second-order valence-electron chi connectivity index (χ2n) is 4.98. The first kappa shape index (κ1) is 15.8. The Hall–Kier alpha value is -2.56. The molecule has 0 bridgehead atoms. The molecular weight excluding hydrogens is 280 g/mol. The minimum Gasteiger partial charge on any atom is -0.484 e. The minimum atomic E-state index is -0.325. The van der Waals surface area contributed by atoms with Crippen LogP contribution in [0.1, 0.15) is 37.5 Å². The molecule has 116 valence electrons. The van der Waals surface area contributed by atoms with E-state index in [0.717, 1.165) is 6.42 Å². The van der Waals surface area contributed by atoms with Crippen molar-refractivity contribution in [1.29, 1.82) is 0 Å². The third-order valence-corrected chi connectivity index (χ3v) is 3.36. The van der Waals surface area contributed by atoms with E-state index in [2.05, 4.69) is 24.4 Å². The number of rotatable bonds is 7. The number of carbonyl (C=O) groups excluding carboxylic acids is 1. The number of nitrogens with zero attached hydrogens (tertiary/aromatic N) is 1. The van der Waals surface area contributed by atoms with Crippen LogP contribution < -0.4 is 10.2 Å². The van der Waals surface area contributed by atoms with Crippen LogP contribution in [0.4, 0.5) is 0 Å². The van der Waals surface area contributed by atoms with Gasteiger partial charge in [-0.25, -0.2) is 5.43 Å². The molecular formula is C17H20N2O3. The molecule has 0 fully saturated rings. The second-order valence-corrected chi connectivity index (χ2v) is 4.98. The number of carbonyl (C=O) groups is 1. The van der Waals surface area contributed by atoms with Gasteiger partial charge in [-0.1, -0.05) is 26.0 Å². The maximum absolute atomic E-state index is 11.6. The molecule has 0 saturated heterocycles. The molecule has 0 saturated carbocycles. The molecule has 0 radical (unpaired) electrons. The van der Waals surface area contributed by atoms with Crippen LogP contribution in [0, 0.1) is 0 Å². The summed E-state index contributed by atoms with van der Waals surface area (Å²) >= 11 is 0. The molecule has 1 unspecified atom stereocenters. The summed E-state index contributed by atoms with van der Waals surface area (Å²) in [4.78, 5) is 11.6. The third-order valence-electron chi connectivity index (χ3n) is 3.36. The van der Waals surface area contributed by atoms with Gasteiger partial charge in [-0.3, -0.25) is 4.79 Å². The average molecular weight is 300 g/mol. The van der Waals surface area contributed by atoms with E-state index < -0.39 is 0 Å². The molecule has 5 heteroatoms. The van der Waals surface area contributed by atoms with Gasteiger partial charge in [0.15, 0.2) is 6.61 Å². The molecule has 2 aromatic rings. The molecule has 0 aliphatic heterocycles. The molecule has 22 heavy (non-hydrogen) atoms. The summed E-state index contributed by atoms with van der Waals surface area (Å²) in [5.74, 6) is 1.43. The lowest BCUT2D eigenvalue weighted by atomic mass is 9.99. The molecule has 1 heterocycles. The van der Waals surface area contributed by atoms with Crippen LogP contribution in [-0.4, -0.2) is 18.7 Å². The molecule has 0 aliphatic rings. The Labute approximate surface area is 130 Å². The Morgan fingerprint density at radius 3 is 2.77 bits per heavy atom. The minimum absolute atomic E-state index is 0.0851. The van der Waals surface area contributed by atoms with E-state index in [1.54, 1.807) is 12.1 Å². The maximum Gasteiger partial charge on any atom is 0.277 e. The van der Waals surface area contributed by atoms with E-state index in [0.29, 0.717) is 17.4 Å². The lowest BCUT2D eigenvalue weighted by Gasteiger charge is -2.10. The van der Waals surface area contributed by atoms with Crippen LogP contribution in [0.2, 0.25) is 0 Å². The Balaban J connectivity index is 1.76. The van der Waals surface area contributed by atoms with Crippen LogP contribution in [0.3, 0.4) is 0 Å². The number of benzene rings is 1. The quantitative estimate of drug-likeness (QED) is 0.630. The van der Waals surface area contributed by atoms with Gasteiger partial charge in [-0.05, 0) is 42.2 Å². The van der Waals surface area contributed by atoms with E-state index in [1.807, 2.05) is 24.3 Å². The summed E-state index contributed by atoms with van der Waals surface area (Å²) < 4.78 is 10.5. The normalized spacial score (nSPS) is 12.3. The van der Waals surface area contributed by atoms with Gasteiger partial charge < -0.3 is 9.15 Å². The van der Waals surface area contributed by atoms with Crippen LogP contribution in [0.15, 0.2) is 52.2 Å². The number of hydrazone groups is 1. The van der Waals surface area contributed by atoms with E-state index >= 15 is 0 Å². The number of ether oxygens (including phenoxy) is 1. The Morgan fingerprint density at radius 2 is 2.14 bits per heavy atom. The fourth-order valence-electron chi connectivity index (χ4n) is 1.84. The van der Waals surface area contributed by atoms with Gasteiger partial charge in [0.2, 0.25) is 0 Å². The van der Waals surface area contributed by atoms with Crippen LogP contribution in [0.5, 0.6) is 5.75 Å². The molecule has 0 spiro atoms. The maximum atomic E-state index is 11.6. The fraction of sp³-hybridized carbons (Fsp3) is 0.294. The first-order chi connectivity index (χ1) is 10.7. The molecule has 5 nitrogen and oxygen atoms in total. The largest absolute Gasteiger partial charge is 0.484 e. The van der Waals surface area contributed by atoms with Crippen molar-refractivity contribution in [2.24, 2.45) is 5.10 Å². The zero-order chi connectivity index (χ0) is 15.8. The smallest absolute Gasteiger partial charge is 0.277 e. The second kappa shape index (κ2) is 8.02. The van der Waals surface area contributed by atoms with E-state index in [1.165, 1.54) is 18.0 Å². The van der Waals surface area contributed by atoms with Crippen molar-refractivity contribution in [3.8, 4) is 5.75 Å². The number of hydrogen-bond acceptors (Lipinski definition) is 4. The van der Waals surface area contributed by atoms with Gasteiger partial charge in [0, 0.05) is 0 Å². The first-order valence-corrected chi connectivity index (χ1v) is 7.27. The predicted octanol–water partition coefficient (Wildman–Crippen LogP) is 3.32. The zero-order valence-corrected chi connectivity index (χ0v) is 12.8. The lowest BCUT2D eigenvalue weighted by Crippen LogP contribution is -2.24. The molecule has 0 aliphatic carbocycles. The predicted molar refractivity (Wildman–Crippen MR) is 85.1 cm³/mol. The highest BCUT2D eigenvalue weighted by molar-refractivity contribution is 5.81. The highest BCUT2D eigenvalue weighted by atomic mass is 16.5. The number of amides is 1. The first-order valence-electron chi connectivity index (χ1n) is 7.27. The topological polar surface area (TPSA) is 63.8 Å². The molecule has 1 atom stereocenters. The highest BCUT2D eigenvalue weighted by Crippen LogP contribution is 2.21. The number of hydrogen-bond donors (Lipinski definition) is 1. The van der Waals surface area contributed by atoms with E-state index in [4.69, 9.17) is 9.15 Å². The summed E-state index contributed by atoms with van der Waals surface area (Å²) in [6.45, 7) is 4.25. The van der Waals surface area contributed by atoms with Gasteiger partial charge >= 0.3 is 0 Å². The molecule has 1 aromatic heterocycles. The Bertz CT molecular complexity index is 603. The van der Waals surface area contributed by atoms with Crippen molar-refractivity contribution in [2.75, 3.05) is 6.61 Å². The zero-order valence-electron chi connectivity index (χ0n) is 12.8. The SMILES string of the molecule is CCC(C)c1ccc(OCC(=O)N/N=C/c2ccco2)cc1. The monoisotopic (exact) mass is 300 g/mol. The third kappa shape index (κ3) is 4.77. The summed E-state index contributed by atoms with van der Waals surface area (Å²) in [6.07, 6.45) is 4.06. The average Bonchev–Trinajstić information content (AvgIpc) is 3.06. The summed E-state index contributed by atoms with van der Waals surface area (Å²) in [5.41, 5.74) is 3.64. The lowest BCUT2D eigenvalue weighted by molar-refractivity contribution is -0.123. The molecule has 1 N–H and O–H groups in total. The highest BCUT2D eigenvalue weighted by Gasteiger charge is 2.04. The molecule has 1 amide bonds. The van der Waals surface area contributed by atoms with Gasteiger partial charge in [0.1, 0.15) is 11.5 Å². The van der Waals surface area contributed by atoms with Crippen LogP contribution in [-0.2, 0) is 4.79 Å². The van der Waals surface area contributed by atoms with E-state index in [9.17, 15) is 4.79 Å². The molecule has 1 aromatic carbocycles. The van der Waals surface area contributed by atoms with Crippen molar-refractivity contribution in [3.05, 3.63) is 54.0 Å². The number of nitrogens with one attached hydrogen (secondary N) is 1. The van der Waals surface area contributed by atoms with Gasteiger partial charge in [0.05, 0.1) is 12.5 Å². The number of furan rings is 1. The van der Waals surface area contributed by atoms with Crippen molar-refractivity contribution in [2.45, 2.75) is 26.2 Å². The van der Waals surface area contributed by atoms with Crippen molar-refractivity contribution < 1.29 is 13.9 Å². The van der Waals surface area contributed by atoms with Crippen molar-refractivity contribution in [3.63, 3.8) is 0 Å². The molecule has 2 rings (SSSR count). The van der Waals surface area contributed by atoms with Crippen molar-refractivity contribution in [1.82, 2.24) is 5.43 Å². The van der Waals surface area contributed by atoms with Crippen LogP contribution >= 0.6 is 0 Å².